The number of nitrogens with one attached hydrogen (secondary N) is 2. The summed E-state index contributed by atoms with van der Waals surface area (Å²) >= 11 is 0. The molecule has 3 saturated heterocycles. The molecule has 9 heteroatoms. The molecule has 0 bridgehead atoms. The van der Waals surface area contributed by atoms with Crippen molar-refractivity contribution >= 4 is 27.7 Å². The van der Waals surface area contributed by atoms with Crippen LogP contribution < -0.4 is 10.6 Å². The summed E-state index contributed by atoms with van der Waals surface area (Å²) in [5.41, 5.74) is 0.966. The van der Waals surface area contributed by atoms with Crippen LogP contribution >= 0.6 is 0 Å². The average Bonchev–Trinajstić information content (AvgIpc) is 3.12. The van der Waals surface area contributed by atoms with E-state index in [4.69, 9.17) is 0 Å². The number of carbonyl (C=O) groups is 2. The number of β-amino-alcohol motifs (C(OH)–C–C–N with tert-alkyl or cyclic N) is 1. The van der Waals surface area contributed by atoms with Gasteiger partial charge in [0.1, 0.15) is 5.25 Å². The quantitative estimate of drug-likeness (QED) is 0.553. The van der Waals surface area contributed by atoms with Gasteiger partial charge in [-0.25, -0.2) is 8.42 Å². The molecule has 199 valence electrons. The molecule has 3 N–H and O–H groups in total. The number of carbonyl (C=O) groups excluding carboxylic acids is 2. The topological polar surface area (TPSA) is 116 Å². The van der Waals surface area contributed by atoms with Gasteiger partial charge in [0, 0.05) is 24.9 Å². The Morgan fingerprint density at radius 1 is 1.13 bits per heavy atom. The molecule has 0 aromatic heterocycles. The normalized spacial score (nSPS) is 33.5. The molecule has 6 rings (SSSR count). The molecule has 2 amide bonds. The van der Waals surface area contributed by atoms with Crippen LogP contribution in [0, 0.1) is 17.1 Å². The summed E-state index contributed by atoms with van der Waals surface area (Å²) in [6.45, 7) is 2.88. The van der Waals surface area contributed by atoms with Crippen molar-refractivity contribution in [3.05, 3.63) is 82.6 Å². The van der Waals surface area contributed by atoms with E-state index in [1.165, 1.54) is 4.90 Å². The third-order valence-electron chi connectivity index (χ3n) is 8.64. The second-order valence-corrected chi connectivity index (χ2v) is 12.8. The molecule has 3 heterocycles. The minimum absolute atomic E-state index is 0.160. The van der Waals surface area contributed by atoms with Crippen LogP contribution in [0.2, 0.25) is 0 Å². The number of fused-ring (bicyclic) bond motifs is 2. The minimum Gasteiger partial charge on any atom is -0.390 e. The largest absolute Gasteiger partial charge is 0.390 e. The highest BCUT2D eigenvalue weighted by Crippen LogP contribution is 2.62. The van der Waals surface area contributed by atoms with Gasteiger partial charge < -0.3 is 20.6 Å². The first-order valence-corrected chi connectivity index (χ1v) is 14.7. The molecule has 3 fully saturated rings. The van der Waals surface area contributed by atoms with Crippen LogP contribution in [0.3, 0.4) is 0 Å². The summed E-state index contributed by atoms with van der Waals surface area (Å²) in [6.07, 6.45) is 4.05. The van der Waals surface area contributed by atoms with Crippen LogP contribution in [0.1, 0.15) is 41.7 Å². The molecule has 2 aromatic carbocycles. The van der Waals surface area contributed by atoms with Gasteiger partial charge >= 0.3 is 0 Å². The highest BCUT2D eigenvalue weighted by atomic mass is 32.2. The molecule has 0 saturated carbocycles. The molecule has 5 unspecified atom stereocenters. The van der Waals surface area contributed by atoms with Crippen LogP contribution in [0.4, 0.5) is 0 Å². The molecule has 1 spiro atoms. The van der Waals surface area contributed by atoms with Crippen molar-refractivity contribution in [1.29, 1.82) is 0 Å². The molecule has 2 aromatic rings. The Morgan fingerprint density at radius 2 is 1.87 bits per heavy atom. The highest BCUT2D eigenvalue weighted by molar-refractivity contribution is 7.95. The summed E-state index contributed by atoms with van der Waals surface area (Å²) in [4.78, 5) is 29.2. The monoisotopic (exact) mass is 534 g/mol. The maximum atomic E-state index is 14.6. The van der Waals surface area contributed by atoms with Gasteiger partial charge in [-0.15, -0.1) is 0 Å². The fraction of sp³-hybridized carbons (Fsp3) is 0.414. The second-order valence-electron chi connectivity index (χ2n) is 10.8. The number of aliphatic hydroxyl groups is 1. The van der Waals surface area contributed by atoms with Gasteiger partial charge in [-0.3, -0.25) is 9.59 Å². The zero-order chi connectivity index (χ0) is 26.7. The predicted octanol–water partition coefficient (Wildman–Crippen LogP) is 1.98. The summed E-state index contributed by atoms with van der Waals surface area (Å²) in [7, 11) is -4.17. The lowest BCUT2D eigenvalue weighted by Crippen LogP contribution is -2.52. The van der Waals surface area contributed by atoms with E-state index in [0.717, 1.165) is 17.5 Å². The number of sulfone groups is 1. The lowest BCUT2D eigenvalue weighted by atomic mass is 9.71. The lowest BCUT2D eigenvalue weighted by molar-refractivity contribution is -0.134. The third-order valence-corrected chi connectivity index (χ3v) is 10.9. The minimum atomic E-state index is -4.17. The van der Waals surface area contributed by atoms with Crippen LogP contribution in [-0.2, 0) is 26.0 Å². The fourth-order valence-corrected chi connectivity index (χ4v) is 9.60. The van der Waals surface area contributed by atoms with E-state index < -0.39 is 50.5 Å². The molecule has 3 aliphatic heterocycles. The van der Waals surface area contributed by atoms with Crippen molar-refractivity contribution in [2.75, 3.05) is 13.1 Å². The number of amides is 2. The van der Waals surface area contributed by atoms with Crippen LogP contribution in [0.25, 0.3) is 6.08 Å². The Labute approximate surface area is 223 Å². The molecule has 1 aliphatic carbocycles. The van der Waals surface area contributed by atoms with Gasteiger partial charge in [0.05, 0.1) is 17.7 Å². The van der Waals surface area contributed by atoms with Crippen molar-refractivity contribution in [3.8, 4) is 0 Å². The number of hydrogen-bond acceptors (Lipinski definition) is 6. The van der Waals surface area contributed by atoms with Crippen molar-refractivity contribution in [3.63, 3.8) is 0 Å². The second kappa shape index (κ2) is 9.32. The first-order chi connectivity index (χ1) is 18.3. The molecule has 8 nitrogen and oxygen atoms in total. The number of benzene rings is 2. The van der Waals surface area contributed by atoms with Crippen molar-refractivity contribution in [1.82, 2.24) is 15.5 Å². The number of rotatable bonds is 4. The van der Waals surface area contributed by atoms with E-state index in [0.29, 0.717) is 25.1 Å². The van der Waals surface area contributed by atoms with Crippen LogP contribution in [0.5, 0.6) is 0 Å². The maximum Gasteiger partial charge on any atom is 0.247 e. The summed E-state index contributed by atoms with van der Waals surface area (Å²) < 4.78 is 28.9. The van der Waals surface area contributed by atoms with E-state index in [9.17, 15) is 23.1 Å². The highest BCUT2D eigenvalue weighted by Gasteiger charge is 2.73. The van der Waals surface area contributed by atoms with E-state index in [2.05, 4.69) is 10.6 Å². The smallest absolute Gasteiger partial charge is 0.247 e. The molecule has 4 aliphatic rings. The number of hydrogen-bond donors (Lipinski definition) is 3. The Hall–Kier alpha value is -3.01. The third kappa shape index (κ3) is 3.74. The molecule has 38 heavy (non-hydrogen) atoms. The van der Waals surface area contributed by atoms with E-state index in [1.807, 2.05) is 48.5 Å². The number of nitrogens with zero attached hydrogens (tertiary/aromatic N) is 1. The van der Waals surface area contributed by atoms with Gasteiger partial charge in [-0.05, 0) is 36.1 Å². The molecule has 1 radical (unpaired) electrons. The summed E-state index contributed by atoms with van der Waals surface area (Å²) in [5.74, 6) is -2.44. The van der Waals surface area contributed by atoms with Crippen molar-refractivity contribution < 1.29 is 23.1 Å². The van der Waals surface area contributed by atoms with Gasteiger partial charge in [0.2, 0.25) is 11.8 Å². The van der Waals surface area contributed by atoms with Gasteiger partial charge in [-0.1, -0.05) is 73.7 Å². The van der Waals surface area contributed by atoms with Crippen molar-refractivity contribution in [2.45, 2.75) is 49.2 Å². The van der Waals surface area contributed by atoms with Crippen LogP contribution in [0.15, 0.2) is 60.7 Å². The van der Waals surface area contributed by atoms with E-state index in [1.54, 1.807) is 25.1 Å². The molecular weight excluding hydrogens is 502 g/mol. The maximum absolute atomic E-state index is 14.6. The molecular formula is C29H32N3O5S. The number of aliphatic hydroxyl groups excluding tert-OH is 1. The van der Waals surface area contributed by atoms with Crippen LogP contribution in [-0.4, -0.2) is 61.0 Å². The Balaban J connectivity index is 1.48. The SMILES string of the molecule is CC1C(=O)NC23C=Cc4ccccc4C2S(=O)(=O)[C](C(=O)N(Cc2ccccc2)C2CCCNC[C@@H]2O)C13. The zero-order valence-electron chi connectivity index (χ0n) is 21.2. The Morgan fingerprint density at radius 3 is 2.66 bits per heavy atom. The average molecular weight is 535 g/mol. The van der Waals surface area contributed by atoms with Gasteiger partial charge in [0.25, 0.3) is 0 Å². The predicted molar refractivity (Wildman–Crippen MR) is 143 cm³/mol. The van der Waals surface area contributed by atoms with E-state index >= 15 is 0 Å². The first kappa shape index (κ1) is 25.3. The fourth-order valence-electron chi connectivity index (χ4n) is 6.88. The van der Waals surface area contributed by atoms with Crippen molar-refractivity contribution in [2.24, 2.45) is 11.8 Å². The zero-order valence-corrected chi connectivity index (χ0v) is 22.0. The first-order valence-electron chi connectivity index (χ1n) is 13.2. The van der Waals surface area contributed by atoms with Gasteiger partial charge in [-0.2, -0.15) is 0 Å². The Kier molecular flexibility index (Phi) is 6.20. The summed E-state index contributed by atoms with van der Waals surface area (Å²) in [6, 6.07) is 16.1. The lowest BCUT2D eigenvalue weighted by Gasteiger charge is -2.37. The Bertz CT molecular complexity index is 1390. The standard InChI is InChI=1S/C29H32N3O5S/c1-18-24-25(28(35)32(17-19-8-3-2-4-9-19)22-12-7-15-30-16-23(22)33)38(36,37)26-21-11-6-5-10-20(21)13-14-29(24,26)31-27(18)34/h2-6,8-11,13-14,18,22-24,26,30,33H,7,12,15-17H2,1H3,(H,31,34)/t18?,22?,23-,24?,26?,29?/m0/s1. The molecule has 6 atom stereocenters. The van der Waals surface area contributed by atoms with E-state index in [-0.39, 0.29) is 17.7 Å². The summed E-state index contributed by atoms with van der Waals surface area (Å²) in [5, 5.41) is 15.9. The van der Waals surface area contributed by atoms with Gasteiger partial charge in [0.15, 0.2) is 15.1 Å².